The fraction of sp³-hybridized carbons (Fsp3) is 0.261. The third-order valence-electron chi connectivity index (χ3n) is 5.20. The maximum absolute atomic E-state index is 14.0. The number of piperazine rings is 1. The van der Waals surface area contributed by atoms with Gasteiger partial charge in [0.1, 0.15) is 12.1 Å². The molecule has 1 aromatic heterocycles. The molecule has 0 spiro atoms. The van der Waals surface area contributed by atoms with Gasteiger partial charge in [0.2, 0.25) is 5.88 Å². The van der Waals surface area contributed by atoms with Crippen LogP contribution in [0.1, 0.15) is 21.5 Å². The van der Waals surface area contributed by atoms with E-state index >= 15 is 0 Å². The number of anilines is 1. The van der Waals surface area contributed by atoms with Crippen LogP contribution in [-0.4, -0.2) is 47.0 Å². The summed E-state index contributed by atoms with van der Waals surface area (Å²) in [5.41, 5.74) is 2.62. The molecule has 4 rings (SSSR count). The van der Waals surface area contributed by atoms with Gasteiger partial charge in [-0.05, 0) is 43.2 Å². The second-order valence-corrected chi connectivity index (χ2v) is 7.34. The highest BCUT2D eigenvalue weighted by molar-refractivity contribution is 5.95. The smallest absolute Gasteiger partial charge is 0.254 e. The molecule has 7 heteroatoms. The molecular formula is C23H23FN4O2. The summed E-state index contributed by atoms with van der Waals surface area (Å²) in [4.78, 5) is 25.2. The van der Waals surface area contributed by atoms with Gasteiger partial charge >= 0.3 is 0 Å². The van der Waals surface area contributed by atoms with E-state index in [1.807, 2.05) is 43.0 Å². The van der Waals surface area contributed by atoms with E-state index in [0.29, 0.717) is 32.0 Å². The van der Waals surface area contributed by atoms with Crippen LogP contribution in [0.3, 0.4) is 0 Å². The topological polar surface area (TPSA) is 58.6 Å². The molecule has 1 amide bonds. The zero-order chi connectivity index (χ0) is 21.1. The summed E-state index contributed by atoms with van der Waals surface area (Å²) in [6.45, 7) is 6.30. The Morgan fingerprint density at radius 3 is 2.53 bits per heavy atom. The SMILES string of the molecule is Cc1ccc(F)c(Oc2cc(N3CCN(C(=O)c4ccccc4C)CC3)ncn2)c1. The molecule has 154 valence electrons. The molecule has 1 aliphatic heterocycles. The molecule has 0 bridgehead atoms. The van der Waals surface area contributed by atoms with Gasteiger partial charge < -0.3 is 14.5 Å². The third-order valence-corrected chi connectivity index (χ3v) is 5.20. The minimum Gasteiger partial charge on any atom is -0.436 e. The molecule has 0 unspecified atom stereocenters. The molecule has 0 N–H and O–H groups in total. The second kappa shape index (κ2) is 8.49. The normalized spacial score (nSPS) is 14.0. The van der Waals surface area contributed by atoms with Crippen LogP contribution in [0.5, 0.6) is 11.6 Å². The van der Waals surface area contributed by atoms with Crippen LogP contribution in [0.4, 0.5) is 10.2 Å². The number of hydrogen-bond acceptors (Lipinski definition) is 5. The van der Waals surface area contributed by atoms with E-state index in [0.717, 1.165) is 16.7 Å². The van der Waals surface area contributed by atoms with E-state index in [1.54, 1.807) is 18.2 Å². The predicted molar refractivity (Wildman–Crippen MR) is 113 cm³/mol. The largest absolute Gasteiger partial charge is 0.436 e. The molecule has 1 aliphatic rings. The number of halogens is 1. The second-order valence-electron chi connectivity index (χ2n) is 7.34. The Balaban J connectivity index is 1.43. The molecule has 0 radical (unpaired) electrons. The first-order valence-electron chi connectivity index (χ1n) is 9.87. The van der Waals surface area contributed by atoms with Gasteiger partial charge in [-0.2, -0.15) is 0 Å². The zero-order valence-corrected chi connectivity index (χ0v) is 17.0. The number of carbonyl (C=O) groups is 1. The lowest BCUT2D eigenvalue weighted by atomic mass is 10.1. The number of carbonyl (C=O) groups excluding carboxylic acids is 1. The van der Waals surface area contributed by atoms with Crippen molar-refractivity contribution in [2.24, 2.45) is 0 Å². The minimum absolute atomic E-state index is 0.0504. The Hall–Kier alpha value is -3.48. The number of aromatic nitrogens is 2. The number of aryl methyl sites for hydroxylation is 2. The Labute approximate surface area is 174 Å². The molecule has 1 saturated heterocycles. The number of amides is 1. The van der Waals surface area contributed by atoms with E-state index < -0.39 is 5.82 Å². The average Bonchev–Trinajstić information content (AvgIpc) is 2.76. The highest BCUT2D eigenvalue weighted by Crippen LogP contribution is 2.26. The Bertz CT molecular complexity index is 1060. The molecule has 2 aromatic carbocycles. The van der Waals surface area contributed by atoms with Crippen molar-refractivity contribution in [1.29, 1.82) is 0 Å². The van der Waals surface area contributed by atoms with Crippen LogP contribution in [0.25, 0.3) is 0 Å². The summed E-state index contributed by atoms with van der Waals surface area (Å²) in [5, 5.41) is 0. The van der Waals surface area contributed by atoms with E-state index in [1.165, 1.54) is 12.4 Å². The number of nitrogens with zero attached hydrogens (tertiary/aromatic N) is 4. The summed E-state index contributed by atoms with van der Waals surface area (Å²) in [5.74, 6) is 0.714. The standard InChI is InChI=1S/C23H23FN4O2/c1-16-7-8-19(24)20(13-16)30-22-14-21(25-15-26-22)27-9-11-28(12-10-27)23(29)18-6-4-3-5-17(18)2/h3-8,13-15H,9-12H2,1-2H3. The van der Waals surface area contributed by atoms with Gasteiger partial charge in [-0.15, -0.1) is 0 Å². The van der Waals surface area contributed by atoms with Crippen LogP contribution in [0, 0.1) is 19.7 Å². The summed E-state index contributed by atoms with van der Waals surface area (Å²) in [6, 6.07) is 14.0. The van der Waals surface area contributed by atoms with Crippen LogP contribution >= 0.6 is 0 Å². The van der Waals surface area contributed by atoms with Crippen molar-refractivity contribution < 1.29 is 13.9 Å². The maximum Gasteiger partial charge on any atom is 0.254 e. The van der Waals surface area contributed by atoms with Crippen LogP contribution in [0.2, 0.25) is 0 Å². The van der Waals surface area contributed by atoms with Crippen LogP contribution in [-0.2, 0) is 0 Å². The first-order chi connectivity index (χ1) is 14.5. The van der Waals surface area contributed by atoms with Gasteiger partial charge in [0.25, 0.3) is 5.91 Å². The number of rotatable bonds is 4. The highest BCUT2D eigenvalue weighted by Gasteiger charge is 2.24. The fourth-order valence-electron chi connectivity index (χ4n) is 3.48. The number of ether oxygens (including phenoxy) is 1. The Morgan fingerprint density at radius 1 is 1.00 bits per heavy atom. The molecular weight excluding hydrogens is 383 g/mol. The van der Waals surface area contributed by atoms with Crippen molar-refractivity contribution in [1.82, 2.24) is 14.9 Å². The van der Waals surface area contributed by atoms with Crippen LogP contribution < -0.4 is 9.64 Å². The van der Waals surface area contributed by atoms with Crippen molar-refractivity contribution in [2.45, 2.75) is 13.8 Å². The lowest BCUT2D eigenvalue weighted by Crippen LogP contribution is -2.49. The van der Waals surface area contributed by atoms with Gasteiger partial charge in [-0.25, -0.2) is 14.4 Å². The van der Waals surface area contributed by atoms with Crippen molar-refractivity contribution in [2.75, 3.05) is 31.1 Å². The summed E-state index contributed by atoms with van der Waals surface area (Å²) >= 11 is 0. The van der Waals surface area contributed by atoms with Gasteiger partial charge in [0.05, 0.1) is 0 Å². The molecule has 3 aromatic rings. The van der Waals surface area contributed by atoms with Crippen molar-refractivity contribution in [3.05, 3.63) is 77.4 Å². The van der Waals surface area contributed by atoms with Gasteiger partial charge in [0.15, 0.2) is 11.6 Å². The minimum atomic E-state index is -0.441. The first kappa shape index (κ1) is 19.8. The van der Waals surface area contributed by atoms with E-state index in [-0.39, 0.29) is 17.5 Å². The molecule has 0 aliphatic carbocycles. The van der Waals surface area contributed by atoms with Gasteiger partial charge in [-0.1, -0.05) is 24.3 Å². The first-order valence-corrected chi connectivity index (χ1v) is 9.87. The quantitative estimate of drug-likeness (QED) is 0.656. The van der Waals surface area contributed by atoms with Crippen molar-refractivity contribution >= 4 is 11.7 Å². The lowest BCUT2D eigenvalue weighted by Gasteiger charge is -2.35. The zero-order valence-electron chi connectivity index (χ0n) is 17.0. The average molecular weight is 406 g/mol. The molecule has 2 heterocycles. The lowest BCUT2D eigenvalue weighted by molar-refractivity contribution is 0.0745. The number of hydrogen-bond donors (Lipinski definition) is 0. The Kier molecular flexibility index (Phi) is 5.61. The van der Waals surface area contributed by atoms with Crippen molar-refractivity contribution in [3.63, 3.8) is 0 Å². The molecule has 0 saturated carbocycles. The van der Waals surface area contributed by atoms with Gasteiger partial charge in [-0.3, -0.25) is 4.79 Å². The molecule has 0 atom stereocenters. The summed E-state index contributed by atoms with van der Waals surface area (Å²) in [6.07, 6.45) is 1.41. The summed E-state index contributed by atoms with van der Waals surface area (Å²) in [7, 11) is 0. The predicted octanol–water partition coefficient (Wildman–Crippen LogP) is 3.99. The van der Waals surface area contributed by atoms with Crippen LogP contribution in [0.15, 0.2) is 54.9 Å². The fourth-order valence-corrected chi connectivity index (χ4v) is 3.48. The molecule has 6 nitrogen and oxygen atoms in total. The van der Waals surface area contributed by atoms with Crippen molar-refractivity contribution in [3.8, 4) is 11.6 Å². The highest BCUT2D eigenvalue weighted by atomic mass is 19.1. The molecule has 30 heavy (non-hydrogen) atoms. The number of benzene rings is 2. The van der Waals surface area contributed by atoms with Gasteiger partial charge in [0, 0.05) is 37.8 Å². The third kappa shape index (κ3) is 4.25. The maximum atomic E-state index is 14.0. The monoisotopic (exact) mass is 406 g/mol. The van der Waals surface area contributed by atoms with E-state index in [9.17, 15) is 9.18 Å². The van der Waals surface area contributed by atoms with E-state index in [2.05, 4.69) is 14.9 Å². The summed E-state index contributed by atoms with van der Waals surface area (Å²) < 4.78 is 19.6. The Morgan fingerprint density at radius 2 is 1.77 bits per heavy atom. The molecule has 1 fully saturated rings. The van der Waals surface area contributed by atoms with E-state index in [4.69, 9.17) is 4.74 Å².